The number of hydrogen-bond donors (Lipinski definition) is 2. The van der Waals surface area contributed by atoms with Crippen LogP contribution < -0.4 is 10.5 Å². The molecule has 1 aromatic rings. The number of carboxylic acids is 1. The molecule has 1 aromatic carbocycles. The van der Waals surface area contributed by atoms with Gasteiger partial charge in [0.2, 0.25) is 0 Å². The number of aliphatic carboxylic acids is 1. The molecule has 1 rings (SSSR count). The summed E-state index contributed by atoms with van der Waals surface area (Å²) in [5.74, 6) is -0.698. The highest BCUT2D eigenvalue weighted by atomic mass is 16.5. The van der Waals surface area contributed by atoms with Gasteiger partial charge in [0, 0.05) is 12.6 Å². The Bertz CT molecular complexity index is 375. The molecule has 0 bridgehead atoms. The third kappa shape index (κ3) is 9.02. The predicted molar refractivity (Wildman–Crippen MR) is 66.3 cm³/mol. The fraction of sp³-hybridized carbons (Fsp3) is 0.333. The number of carbonyl (C=O) groups excluding carboxylic acids is 1. The lowest BCUT2D eigenvalue weighted by Gasteiger charge is -2.01. The molecule has 0 fully saturated rings. The summed E-state index contributed by atoms with van der Waals surface area (Å²) in [4.78, 5) is 19.9. The number of carboxylic acid groups (broad SMARTS) is 1. The zero-order valence-corrected chi connectivity index (χ0v) is 10.4. The van der Waals surface area contributed by atoms with Crippen molar-refractivity contribution in [2.45, 2.75) is 13.8 Å². The van der Waals surface area contributed by atoms with Gasteiger partial charge >= 0.3 is 11.9 Å². The molecule has 6 heteroatoms. The second-order valence-corrected chi connectivity index (χ2v) is 3.18. The summed E-state index contributed by atoms with van der Waals surface area (Å²) in [5, 5.41) is 8.28. The van der Waals surface area contributed by atoms with E-state index in [1.807, 2.05) is 0 Å². The second kappa shape index (κ2) is 8.86. The van der Waals surface area contributed by atoms with Gasteiger partial charge in [-0.3, -0.25) is 4.79 Å². The van der Waals surface area contributed by atoms with E-state index < -0.39 is 5.97 Å². The van der Waals surface area contributed by atoms with Crippen LogP contribution in [0.5, 0.6) is 5.75 Å². The number of anilines is 1. The zero-order chi connectivity index (χ0) is 14.0. The number of esters is 1. The number of carbonyl (C=O) groups is 2. The number of benzene rings is 1. The molecular formula is C12H17NO5. The third-order valence-corrected chi connectivity index (χ3v) is 1.59. The molecule has 0 aliphatic carbocycles. The molecule has 0 atom stereocenters. The van der Waals surface area contributed by atoms with Gasteiger partial charge in [-0.25, -0.2) is 4.79 Å². The molecule has 0 saturated heterocycles. The van der Waals surface area contributed by atoms with Crippen molar-refractivity contribution in [1.29, 1.82) is 0 Å². The minimum Gasteiger partial charge on any atom is -0.482 e. The summed E-state index contributed by atoms with van der Waals surface area (Å²) < 4.78 is 9.27. The molecule has 0 saturated carbocycles. The van der Waals surface area contributed by atoms with Crippen molar-refractivity contribution in [3.63, 3.8) is 0 Å². The van der Waals surface area contributed by atoms with Crippen LogP contribution >= 0.6 is 0 Å². The van der Waals surface area contributed by atoms with Crippen molar-refractivity contribution in [1.82, 2.24) is 0 Å². The summed E-state index contributed by atoms with van der Waals surface area (Å²) in [7, 11) is 0. The van der Waals surface area contributed by atoms with E-state index in [0.29, 0.717) is 18.0 Å². The van der Waals surface area contributed by atoms with Crippen molar-refractivity contribution in [3.05, 3.63) is 24.3 Å². The maximum absolute atomic E-state index is 10.1. The van der Waals surface area contributed by atoms with Gasteiger partial charge in [-0.2, -0.15) is 0 Å². The van der Waals surface area contributed by atoms with Crippen LogP contribution in [-0.2, 0) is 14.3 Å². The molecule has 3 N–H and O–H groups in total. The summed E-state index contributed by atoms with van der Waals surface area (Å²) in [5.41, 5.74) is 6.03. The Morgan fingerprint density at radius 2 is 1.83 bits per heavy atom. The van der Waals surface area contributed by atoms with Crippen molar-refractivity contribution in [2.24, 2.45) is 0 Å². The van der Waals surface area contributed by atoms with Gasteiger partial charge in [0.1, 0.15) is 5.75 Å². The average molecular weight is 255 g/mol. The largest absolute Gasteiger partial charge is 0.482 e. The molecule has 0 aliphatic rings. The van der Waals surface area contributed by atoms with E-state index in [2.05, 4.69) is 4.74 Å². The van der Waals surface area contributed by atoms with Crippen LogP contribution in [0.3, 0.4) is 0 Å². The molecule has 100 valence electrons. The molecule has 6 nitrogen and oxygen atoms in total. The number of rotatable bonds is 4. The van der Waals surface area contributed by atoms with Crippen molar-refractivity contribution < 1.29 is 24.2 Å². The molecule has 0 amide bonds. The van der Waals surface area contributed by atoms with Crippen LogP contribution in [0.1, 0.15) is 13.8 Å². The fourth-order valence-corrected chi connectivity index (χ4v) is 0.912. The van der Waals surface area contributed by atoms with E-state index in [-0.39, 0.29) is 12.6 Å². The Hall–Kier alpha value is -2.24. The van der Waals surface area contributed by atoms with E-state index in [4.69, 9.17) is 15.6 Å². The number of nitrogen functional groups attached to an aromatic ring is 1. The molecule has 0 radical (unpaired) electrons. The molecule has 0 unspecified atom stereocenters. The monoisotopic (exact) mass is 255 g/mol. The van der Waals surface area contributed by atoms with Gasteiger partial charge in [0.25, 0.3) is 0 Å². The van der Waals surface area contributed by atoms with Gasteiger partial charge in [0.15, 0.2) is 6.61 Å². The Labute approximate surface area is 105 Å². The lowest BCUT2D eigenvalue weighted by atomic mass is 10.3. The van der Waals surface area contributed by atoms with Crippen LogP contribution in [-0.4, -0.2) is 30.3 Å². The zero-order valence-electron chi connectivity index (χ0n) is 10.4. The standard InChI is InChI=1S/C8H9NO3.C4H8O2/c9-6-1-3-7(4-2-6)12-5-8(10)11;1-3-6-4(2)5/h1-4H,5,9H2,(H,10,11);3H2,1-2H3. The topological polar surface area (TPSA) is 98.9 Å². The Balaban J connectivity index is 0.000000411. The first-order valence-corrected chi connectivity index (χ1v) is 5.29. The number of ether oxygens (including phenoxy) is 2. The average Bonchev–Trinajstić information content (AvgIpc) is 2.29. The van der Waals surface area contributed by atoms with Crippen LogP contribution in [0.4, 0.5) is 5.69 Å². The summed E-state index contributed by atoms with van der Waals surface area (Å²) in [6.45, 7) is 3.32. The Morgan fingerprint density at radius 3 is 2.17 bits per heavy atom. The maximum Gasteiger partial charge on any atom is 0.341 e. The number of hydrogen-bond acceptors (Lipinski definition) is 5. The first-order chi connectivity index (χ1) is 8.45. The highest BCUT2D eigenvalue weighted by Crippen LogP contribution is 2.12. The second-order valence-electron chi connectivity index (χ2n) is 3.18. The molecule has 0 aliphatic heterocycles. The summed E-state index contributed by atoms with van der Waals surface area (Å²) >= 11 is 0. The van der Waals surface area contributed by atoms with Gasteiger partial charge in [-0.05, 0) is 31.2 Å². The van der Waals surface area contributed by atoms with Crippen LogP contribution in [0, 0.1) is 0 Å². The van der Waals surface area contributed by atoms with Crippen molar-refractivity contribution >= 4 is 17.6 Å². The third-order valence-electron chi connectivity index (χ3n) is 1.59. The first-order valence-electron chi connectivity index (χ1n) is 5.29. The van der Waals surface area contributed by atoms with Crippen molar-refractivity contribution in [2.75, 3.05) is 18.9 Å². The Kier molecular flexibility index (Phi) is 7.76. The van der Waals surface area contributed by atoms with Crippen molar-refractivity contribution in [3.8, 4) is 5.75 Å². The predicted octanol–water partition coefficient (Wildman–Crippen LogP) is 1.30. The lowest BCUT2D eigenvalue weighted by molar-refractivity contribution is -0.140. The molecule has 0 aromatic heterocycles. The fourth-order valence-electron chi connectivity index (χ4n) is 0.912. The Morgan fingerprint density at radius 1 is 1.28 bits per heavy atom. The van der Waals surface area contributed by atoms with Gasteiger partial charge in [-0.1, -0.05) is 0 Å². The first kappa shape index (κ1) is 15.8. The van der Waals surface area contributed by atoms with E-state index in [1.54, 1.807) is 31.2 Å². The van der Waals surface area contributed by atoms with Gasteiger partial charge in [0.05, 0.1) is 6.61 Å². The normalized spacial score (nSPS) is 8.78. The highest BCUT2D eigenvalue weighted by molar-refractivity contribution is 5.68. The highest BCUT2D eigenvalue weighted by Gasteiger charge is 1.97. The lowest BCUT2D eigenvalue weighted by Crippen LogP contribution is -2.09. The number of nitrogens with two attached hydrogens (primary N) is 1. The molecule has 0 heterocycles. The minimum atomic E-state index is -0.994. The van der Waals surface area contributed by atoms with E-state index in [0.717, 1.165) is 0 Å². The van der Waals surface area contributed by atoms with Gasteiger partial charge < -0.3 is 20.3 Å². The van der Waals surface area contributed by atoms with Crippen LogP contribution in [0.2, 0.25) is 0 Å². The van der Waals surface area contributed by atoms with E-state index >= 15 is 0 Å². The molecular weight excluding hydrogens is 238 g/mol. The van der Waals surface area contributed by atoms with Crippen LogP contribution in [0.25, 0.3) is 0 Å². The molecule has 18 heavy (non-hydrogen) atoms. The van der Waals surface area contributed by atoms with Gasteiger partial charge in [-0.15, -0.1) is 0 Å². The maximum atomic E-state index is 10.1. The van der Waals surface area contributed by atoms with E-state index in [9.17, 15) is 9.59 Å². The molecule has 0 spiro atoms. The summed E-state index contributed by atoms with van der Waals surface area (Å²) in [6.07, 6.45) is 0. The van der Waals surface area contributed by atoms with E-state index in [1.165, 1.54) is 6.92 Å². The van der Waals surface area contributed by atoms with Crippen LogP contribution in [0.15, 0.2) is 24.3 Å². The summed E-state index contributed by atoms with van der Waals surface area (Å²) in [6, 6.07) is 6.55. The SMILES string of the molecule is CCOC(C)=O.Nc1ccc(OCC(=O)O)cc1. The quantitative estimate of drug-likeness (QED) is 0.621. The minimum absolute atomic E-state index is 0.211. The smallest absolute Gasteiger partial charge is 0.341 e.